The Hall–Kier alpha value is -0.280. The van der Waals surface area contributed by atoms with Crippen molar-refractivity contribution in [2.24, 2.45) is 35.3 Å². The van der Waals surface area contributed by atoms with E-state index in [-0.39, 0.29) is 18.3 Å². The maximum atomic E-state index is 12.7. The van der Waals surface area contributed by atoms with Gasteiger partial charge in [0.05, 0.1) is 0 Å². The third kappa shape index (κ3) is 3.97. The van der Waals surface area contributed by atoms with E-state index < -0.39 is 0 Å². The normalized spacial score (nSPS) is 44.8. The summed E-state index contributed by atoms with van der Waals surface area (Å²) in [6.45, 7) is 4.64. The molecule has 3 fully saturated rings. The van der Waals surface area contributed by atoms with Gasteiger partial charge in [-0.1, -0.05) is 20.3 Å². The van der Waals surface area contributed by atoms with Gasteiger partial charge in [0.1, 0.15) is 0 Å². The molecule has 0 aliphatic heterocycles. The van der Waals surface area contributed by atoms with E-state index in [1.165, 1.54) is 25.7 Å². The fourth-order valence-electron chi connectivity index (χ4n) is 5.39. The second-order valence-electron chi connectivity index (χ2n) is 8.32. The van der Waals surface area contributed by atoms with Crippen LogP contribution in [0.15, 0.2) is 0 Å². The molecule has 128 valence electrons. The quantitative estimate of drug-likeness (QED) is 0.815. The van der Waals surface area contributed by atoms with Crippen molar-refractivity contribution in [1.82, 2.24) is 5.32 Å². The maximum absolute atomic E-state index is 12.7. The number of nitrogens with two attached hydrogens (primary N) is 1. The van der Waals surface area contributed by atoms with Crippen LogP contribution in [0.5, 0.6) is 0 Å². The Labute approximate surface area is 141 Å². The summed E-state index contributed by atoms with van der Waals surface area (Å²) in [4.78, 5) is 12.7. The second kappa shape index (κ2) is 7.53. The Morgan fingerprint density at radius 3 is 2.05 bits per heavy atom. The molecule has 0 aromatic rings. The zero-order chi connectivity index (χ0) is 15.0. The topological polar surface area (TPSA) is 55.1 Å². The summed E-state index contributed by atoms with van der Waals surface area (Å²) in [5, 5.41) is 3.37. The van der Waals surface area contributed by atoms with Crippen LogP contribution >= 0.6 is 12.4 Å². The maximum Gasteiger partial charge on any atom is 0.223 e. The molecule has 1 amide bonds. The number of halogens is 1. The first-order valence-corrected chi connectivity index (χ1v) is 9.09. The van der Waals surface area contributed by atoms with Crippen LogP contribution in [0, 0.1) is 29.6 Å². The van der Waals surface area contributed by atoms with Gasteiger partial charge < -0.3 is 11.1 Å². The lowest BCUT2D eigenvalue weighted by molar-refractivity contribution is -0.129. The van der Waals surface area contributed by atoms with E-state index >= 15 is 0 Å². The predicted octanol–water partition coefficient (Wildman–Crippen LogP) is 3.50. The van der Waals surface area contributed by atoms with Gasteiger partial charge in [-0.15, -0.1) is 12.4 Å². The van der Waals surface area contributed by atoms with Gasteiger partial charge in [0, 0.05) is 18.0 Å². The lowest BCUT2D eigenvalue weighted by Gasteiger charge is -2.44. The van der Waals surface area contributed by atoms with Crippen molar-refractivity contribution in [3.63, 3.8) is 0 Å². The molecule has 0 aromatic carbocycles. The third-order valence-corrected chi connectivity index (χ3v) is 6.31. The summed E-state index contributed by atoms with van der Waals surface area (Å²) in [5.74, 6) is 3.24. The number of fused-ring (bicyclic) bond motifs is 2. The molecule has 0 spiro atoms. The van der Waals surface area contributed by atoms with Gasteiger partial charge in [-0.2, -0.15) is 0 Å². The van der Waals surface area contributed by atoms with Crippen molar-refractivity contribution in [3.8, 4) is 0 Å². The van der Waals surface area contributed by atoms with Crippen LogP contribution in [0.4, 0.5) is 0 Å². The number of hydrogen-bond acceptors (Lipinski definition) is 2. The highest BCUT2D eigenvalue weighted by atomic mass is 35.5. The standard InChI is InChI=1S/C18H32N2O.ClH/c1-11-6-12(2)8-16(7-11)20-18(21)15-9-13-4-3-5-14(10-15)17(13)19;/h11-17H,3-10,19H2,1-2H3,(H,20,21);1H. The van der Waals surface area contributed by atoms with Gasteiger partial charge in [0.25, 0.3) is 0 Å². The first kappa shape index (κ1) is 18.1. The molecule has 0 aromatic heterocycles. The fourth-order valence-corrected chi connectivity index (χ4v) is 5.39. The van der Waals surface area contributed by atoms with Gasteiger partial charge >= 0.3 is 0 Å². The van der Waals surface area contributed by atoms with Crippen molar-refractivity contribution in [3.05, 3.63) is 0 Å². The molecule has 4 heteroatoms. The summed E-state index contributed by atoms with van der Waals surface area (Å²) < 4.78 is 0. The summed E-state index contributed by atoms with van der Waals surface area (Å²) >= 11 is 0. The largest absolute Gasteiger partial charge is 0.353 e. The number of hydrogen-bond donors (Lipinski definition) is 2. The first-order chi connectivity index (χ1) is 10.0. The smallest absolute Gasteiger partial charge is 0.223 e. The zero-order valence-electron chi connectivity index (χ0n) is 14.1. The molecule has 3 saturated carbocycles. The highest BCUT2D eigenvalue weighted by Crippen LogP contribution is 2.42. The molecule has 0 saturated heterocycles. The van der Waals surface area contributed by atoms with Gasteiger partial charge in [0.2, 0.25) is 5.91 Å². The average Bonchev–Trinajstić information content (AvgIpc) is 2.36. The van der Waals surface area contributed by atoms with Gasteiger partial charge in [-0.25, -0.2) is 0 Å². The summed E-state index contributed by atoms with van der Waals surface area (Å²) in [6.07, 6.45) is 9.48. The van der Waals surface area contributed by atoms with Crippen molar-refractivity contribution in [1.29, 1.82) is 0 Å². The SMILES string of the molecule is CC1CC(C)CC(NC(=O)C2CC3CCCC(C2)C3N)C1.Cl. The molecule has 2 bridgehead atoms. The molecule has 3 aliphatic rings. The molecule has 22 heavy (non-hydrogen) atoms. The van der Waals surface area contributed by atoms with E-state index in [0.29, 0.717) is 29.8 Å². The molecule has 0 heterocycles. The van der Waals surface area contributed by atoms with Crippen LogP contribution in [0.2, 0.25) is 0 Å². The number of nitrogens with one attached hydrogen (secondary N) is 1. The highest BCUT2D eigenvalue weighted by Gasteiger charge is 2.41. The number of rotatable bonds is 2. The highest BCUT2D eigenvalue weighted by molar-refractivity contribution is 5.85. The lowest BCUT2D eigenvalue weighted by Crippen LogP contribution is -2.50. The Bertz CT molecular complexity index is 365. The van der Waals surface area contributed by atoms with E-state index in [9.17, 15) is 4.79 Å². The van der Waals surface area contributed by atoms with Crippen LogP contribution in [0.25, 0.3) is 0 Å². The molecular formula is C18H33ClN2O. The average molecular weight is 329 g/mol. The van der Waals surface area contributed by atoms with Gasteiger partial charge in [0.15, 0.2) is 0 Å². The molecule has 3 nitrogen and oxygen atoms in total. The Morgan fingerprint density at radius 1 is 0.955 bits per heavy atom. The summed E-state index contributed by atoms with van der Waals surface area (Å²) in [5.41, 5.74) is 6.34. The van der Waals surface area contributed by atoms with Crippen LogP contribution in [0.1, 0.15) is 65.2 Å². The van der Waals surface area contributed by atoms with E-state index in [4.69, 9.17) is 5.73 Å². The predicted molar refractivity (Wildman–Crippen MR) is 92.9 cm³/mol. The number of carbonyl (C=O) groups is 1. The summed E-state index contributed by atoms with van der Waals surface area (Å²) in [7, 11) is 0. The van der Waals surface area contributed by atoms with Gasteiger partial charge in [-0.3, -0.25) is 4.79 Å². The molecule has 3 N–H and O–H groups in total. The molecule has 4 unspecified atom stereocenters. The van der Waals surface area contributed by atoms with Crippen LogP contribution in [-0.4, -0.2) is 18.0 Å². The fraction of sp³-hybridized carbons (Fsp3) is 0.944. The number of amides is 1. The molecule has 3 rings (SSSR count). The zero-order valence-corrected chi connectivity index (χ0v) is 14.9. The van der Waals surface area contributed by atoms with Crippen LogP contribution in [-0.2, 0) is 4.79 Å². The lowest BCUT2D eigenvalue weighted by atomic mass is 9.65. The van der Waals surface area contributed by atoms with E-state index in [2.05, 4.69) is 19.2 Å². The van der Waals surface area contributed by atoms with Crippen molar-refractivity contribution in [2.45, 2.75) is 77.3 Å². The van der Waals surface area contributed by atoms with Crippen LogP contribution < -0.4 is 11.1 Å². The van der Waals surface area contributed by atoms with E-state index in [1.54, 1.807) is 0 Å². The first-order valence-electron chi connectivity index (χ1n) is 9.09. The Morgan fingerprint density at radius 2 is 1.50 bits per heavy atom. The van der Waals surface area contributed by atoms with E-state index in [0.717, 1.165) is 37.5 Å². The van der Waals surface area contributed by atoms with Crippen molar-refractivity contribution < 1.29 is 4.79 Å². The van der Waals surface area contributed by atoms with Crippen molar-refractivity contribution >= 4 is 18.3 Å². The Balaban J connectivity index is 0.00000176. The monoisotopic (exact) mass is 328 g/mol. The molecule has 4 atom stereocenters. The summed E-state index contributed by atoms with van der Waals surface area (Å²) in [6, 6.07) is 0.768. The molecule has 0 radical (unpaired) electrons. The third-order valence-electron chi connectivity index (χ3n) is 6.31. The van der Waals surface area contributed by atoms with Crippen LogP contribution in [0.3, 0.4) is 0 Å². The number of carbonyl (C=O) groups excluding carboxylic acids is 1. The minimum Gasteiger partial charge on any atom is -0.353 e. The molecule has 3 aliphatic carbocycles. The van der Waals surface area contributed by atoms with E-state index in [1.807, 2.05) is 0 Å². The second-order valence-corrected chi connectivity index (χ2v) is 8.32. The Kier molecular flexibility index (Phi) is 6.18. The van der Waals surface area contributed by atoms with Gasteiger partial charge in [-0.05, 0) is 68.6 Å². The van der Waals surface area contributed by atoms with Crippen molar-refractivity contribution in [2.75, 3.05) is 0 Å². The minimum absolute atomic E-state index is 0. The minimum atomic E-state index is 0. The molecular weight excluding hydrogens is 296 g/mol.